The van der Waals surface area contributed by atoms with E-state index in [1.807, 2.05) is 0 Å². The summed E-state index contributed by atoms with van der Waals surface area (Å²) in [7, 11) is 0. The maximum Gasteiger partial charge on any atom is 0.270 e. The van der Waals surface area contributed by atoms with Gasteiger partial charge in [-0.1, -0.05) is 12.1 Å². The number of non-ortho nitro benzene ring substituents is 1. The first-order valence-corrected chi connectivity index (χ1v) is 9.81. The van der Waals surface area contributed by atoms with Crippen LogP contribution < -0.4 is 5.56 Å². The largest absolute Gasteiger partial charge is 0.453 e. The van der Waals surface area contributed by atoms with Crippen LogP contribution in [0.15, 0.2) is 45.6 Å². The van der Waals surface area contributed by atoms with Crippen LogP contribution in [0.5, 0.6) is 0 Å². The van der Waals surface area contributed by atoms with Gasteiger partial charge < -0.3 is 9.40 Å². The molecule has 28 heavy (non-hydrogen) atoms. The molecule has 0 saturated heterocycles. The van der Waals surface area contributed by atoms with Gasteiger partial charge in [-0.3, -0.25) is 14.9 Å². The topological polar surface area (TPSA) is 102 Å². The Bertz CT molecular complexity index is 1280. The molecule has 140 valence electrons. The van der Waals surface area contributed by atoms with Crippen molar-refractivity contribution in [3.8, 4) is 22.9 Å². The molecule has 0 bridgehead atoms. The monoisotopic (exact) mass is 393 g/mol. The molecule has 4 aromatic rings. The van der Waals surface area contributed by atoms with Crippen LogP contribution in [0, 0.1) is 10.1 Å². The van der Waals surface area contributed by atoms with Gasteiger partial charge in [-0.15, -0.1) is 11.3 Å². The normalized spacial score (nSPS) is 13.6. The zero-order valence-electron chi connectivity index (χ0n) is 14.7. The van der Waals surface area contributed by atoms with Crippen molar-refractivity contribution >= 4 is 27.2 Å². The lowest BCUT2D eigenvalue weighted by Gasteiger charge is -2.09. The zero-order chi connectivity index (χ0) is 19.3. The van der Waals surface area contributed by atoms with Crippen LogP contribution in [-0.2, 0) is 12.8 Å². The van der Waals surface area contributed by atoms with Gasteiger partial charge in [0.15, 0.2) is 11.6 Å². The molecule has 0 unspecified atom stereocenters. The molecule has 0 saturated carbocycles. The highest BCUT2D eigenvalue weighted by atomic mass is 32.1. The molecule has 3 aromatic heterocycles. The smallest absolute Gasteiger partial charge is 0.270 e. The Morgan fingerprint density at radius 1 is 1.14 bits per heavy atom. The molecule has 8 heteroatoms. The van der Waals surface area contributed by atoms with E-state index in [1.54, 1.807) is 35.6 Å². The summed E-state index contributed by atoms with van der Waals surface area (Å²) in [5.74, 6) is 1.27. The number of aryl methyl sites for hydroxylation is 2. The molecule has 1 aliphatic rings. The summed E-state index contributed by atoms with van der Waals surface area (Å²) in [4.78, 5) is 32.7. The van der Waals surface area contributed by atoms with Crippen LogP contribution in [0.1, 0.15) is 23.3 Å². The van der Waals surface area contributed by atoms with Gasteiger partial charge in [0.1, 0.15) is 10.6 Å². The molecule has 7 nitrogen and oxygen atoms in total. The van der Waals surface area contributed by atoms with E-state index in [0.29, 0.717) is 28.3 Å². The van der Waals surface area contributed by atoms with Gasteiger partial charge in [0.25, 0.3) is 11.2 Å². The second kappa shape index (κ2) is 6.42. The lowest BCUT2D eigenvalue weighted by Crippen LogP contribution is -2.11. The van der Waals surface area contributed by atoms with E-state index in [1.165, 1.54) is 17.0 Å². The molecule has 0 radical (unpaired) electrons. The third-order valence-corrected chi connectivity index (χ3v) is 6.19. The van der Waals surface area contributed by atoms with Gasteiger partial charge in [0.05, 0.1) is 10.3 Å². The van der Waals surface area contributed by atoms with Gasteiger partial charge >= 0.3 is 0 Å². The number of H-pyrrole nitrogens is 1. The SMILES string of the molecule is O=c1[nH]c(-c2ccc(-c3cccc([N+](=O)[O-])c3)o2)nc2sc3c(c12)CCCC3. The summed E-state index contributed by atoms with van der Waals surface area (Å²) in [6.07, 6.45) is 4.18. The Morgan fingerprint density at radius 3 is 2.82 bits per heavy atom. The summed E-state index contributed by atoms with van der Waals surface area (Å²) in [6.45, 7) is 0. The number of thiophene rings is 1. The molecule has 3 heterocycles. The number of nitrogens with zero attached hydrogens (tertiary/aromatic N) is 2. The number of aromatic amines is 1. The molecule has 0 spiro atoms. The second-order valence-electron chi connectivity index (χ2n) is 6.78. The van der Waals surface area contributed by atoms with Crippen molar-refractivity contribution in [1.29, 1.82) is 0 Å². The highest BCUT2D eigenvalue weighted by Gasteiger charge is 2.21. The van der Waals surface area contributed by atoms with Crippen molar-refractivity contribution in [1.82, 2.24) is 9.97 Å². The van der Waals surface area contributed by atoms with Gasteiger partial charge in [-0.25, -0.2) is 4.98 Å². The molecular formula is C20H15N3O4S. The number of furan rings is 1. The highest BCUT2D eigenvalue weighted by Crippen LogP contribution is 2.35. The summed E-state index contributed by atoms with van der Waals surface area (Å²) in [5.41, 5.74) is 1.58. The van der Waals surface area contributed by atoms with E-state index in [4.69, 9.17) is 4.42 Å². The third-order valence-electron chi connectivity index (χ3n) is 5.01. The predicted molar refractivity (Wildman–Crippen MR) is 107 cm³/mol. The van der Waals surface area contributed by atoms with Crippen molar-refractivity contribution < 1.29 is 9.34 Å². The maximum atomic E-state index is 12.7. The Hall–Kier alpha value is -3.26. The van der Waals surface area contributed by atoms with Crippen LogP contribution in [0.25, 0.3) is 33.1 Å². The zero-order valence-corrected chi connectivity index (χ0v) is 15.5. The first-order chi connectivity index (χ1) is 13.6. The van der Waals surface area contributed by atoms with Gasteiger partial charge in [0, 0.05) is 22.6 Å². The minimum atomic E-state index is -0.446. The highest BCUT2D eigenvalue weighted by molar-refractivity contribution is 7.18. The van der Waals surface area contributed by atoms with E-state index in [0.717, 1.165) is 36.1 Å². The number of aromatic nitrogens is 2. The minimum absolute atomic E-state index is 0.00688. The van der Waals surface area contributed by atoms with Crippen LogP contribution >= 0.6 is 11.3 Å². The molecule has 0 atom stereocenters. The third kappa shape index (κ3) is 2.73. The van der Waals surface area contributed by atoms with Gasteiger partial charge in [0.2, 0.25) is 0 Å². The molecule has 1 N–H and O–H groups in total. The molecule has 0 amide bonds. The summed E-state index contributed by atoms with van der Waals surface area (Å²) >= 11 is 1.58. The number of nitro benzene ring substituents is 1. The second-order valence-corrected chi connectivity index (χ2v) is 7.86. The Kier molecular flexibility index (Phi) is 3.87. The predicted octanol–water partition coefficient (Wildman–Crippen LogP) is 4.70. The van der Waals surface area contributed by atoms with E-state index in [2.05, 4.69) is 9.97 Å². The quantitative estimate of drug-likeness (QED) is 0.401. The molecule has 0 fully saturated rings. The summed E-state index contributed by atoms with van der Waals surface area (Å²) in [6, 6.07) is 9.66. The summed E-state index contributed by atoms with van der Waals surface area (Å²) in [5, 5.41) is 11.7. The first-order valence-electron chi connectivity index (χ1n) is 9.00. The van der Waals surface area contributed by atoms with E-state index in [9.17, 15) is 14.9 Å². The molecule has 0 aliphatic heterocycles. The number of hydrogen-bond acceptors (Lipinski definition) is 6. The average molecular weight is 393 g/mol. The lowest BCUT2D eigenvalue weighted by atomic mass is 9.97. The Balaban J connectivity index is 1.57. The fraction of sp³-hybridized carbons (Fsp3) is 0.200. The van der Waals surface area contributed by atoms with E-state index in [-0.39, 0.29) is 11.2 Å². The lowest BCUT2D eigenvalue weighted by molar-refractivity contribution is -0.384. The van der Waals surface area contributed by atoms with Crippen LogP contribution in [0.3, 0.4) is 0 Å². The van der Waals surface area contributed by atoms with Crippen LogP contribution in [0.4, 0.5) is 5.69 Å². The van der Waals surface area contributed by atoms with E-state index >= 15 is 0 Å². The van der Waals surface area contributed by atoms with Crippen molar-refractivity contribution in [2.75, 3.05) is 0 Å². The fourth-order valence-corrected chi connectivity index (χ4v) is 4.94. The van der Waals surface area contributed by atoms with Gasteiger partial charge in [-0.05, 0) is 43.4 Å². The molecule has 5 rings (SSSR count). The standard InChI is InChI=1S/C20H15N3O4S/c24-19-17-13-6-1-2-7-16(13)28-20(17)22-18(21-19)15-9-8-14(27-15)11-4-3-5-12(10-11)23(25)26/h3-5,8-10H,1-2,6-7H2,(H,21,22,24). The number of fused-ring (bicyclic) bond motifs is 3. The molecule has 1 aromatic carbocycles. The fourth-order valence-electron chi connectivity index (χ4n) is 3.67. The Labute approximate surface area is 162 Å². The maximum absolute atomic E-state index is 12.7. The van der Waals surface area contributed by atoms with Gasteiger partial charge in [-0.2, -0.15) is 0 Å². The van der Waals surface area contributed by atoms with Crippen molar-refractivity contribution in [3.05, 3.63) is 67.3 Å². The van der Waals surface area contributed by atoms with Crippen molar-refractivity contribution in [2.24, 2.45) is 0 Å². The molecule has 1 aliphatic carbocycles. The summed E-state index contributed by atoms with van der Waals surface area (Å²) < 4.78 is 5.85. The van der Waals surface area contributed by atoms with E-state index < -0.39 is 4.92 Å². The number of hydrogen-bond donors (Lipinski definition) is 1. The number of rotatable bonds is 3. The number of nitrogens with one attached hydrogen (secondary N) is 1. The minimum Gasteiger partial charge on any atom is -0.453 e. The van der Waals surface area contributed by atoms with Crippen LogP contribution in [-0.4, -0.2) is 14.9 Å². The number of benzene rings is 1. The average Bonchev–Trinajstić information content (AvgIpc) is 3.33. The first kappa shape index (κ1) is 16.9. The van der Waals surface area contributed by atoms with Crippen molar-refractivity contribution in [2.45, 2.75) is 25.7 Å². The van der Waals surface area contributed by atoms with Crippen LogP contribution in [0.2, 0.25) is 0 Å². The molecular weight excluding hydrogens is 378 g/mol. The Morgan fingerprint density at radius 2 is 1.96 bits per heavy atom. The number of nitro groups is 1. The van der Waals surface area contributed by atoms with Crippen molar-refractivity contribution in [3.63, 3.8) is 0 Å².